The van der Waals surface area contributed by atoms with Crippen molar-refractivity contribution in [1.82, 2.24) is 25.4 Å². The second-order valence-electron chi connectivity index (χ2n) is 2.35. The van der Waals surface area contributed by atoms with Crippen molar-refractivity contribution in [2.45, 2.75) is 6.92 Å². The monoisotopic (exact) mass is 197 g/mol. The number of halogens is 1. The van der Waals surface area contributed by atoms with E-state index in [1.807, 2.05) is 6.92 Å². The molecule has 0 saturated heterocycles. The zero-order chi connectivity index (χ0) is 8.39. The molecule has 0 aliphatic carbocycles. The van der Waals surface area contributed by atoms with E-state index in [0.717, 1.165) is 17.1 Å². The highest BCUT2D eigenvalue weighted by Gasteiger charge is 2.05. The van der Waals surface area contributed by atoms with E-state index in [1.54, 1.807) is 18.6 Å². The third kappa shape index (κ3) is 1.81. The van der Waals surface area contributed by atoms with Crippen LogP contribution in [0.3, 0.4) is 0 Å². The maximum absolute atomic E-state index is 4.10. The average Bonchev–Trinajstić information content (AvgIpc) is 2.53. The minimum absolute atomic E-state index is 0. The van der Waals surface area contributed by atoms with Gasteiger partial charge in [-0.25, -0.2) is 0 Å². The van der Waals surface area contributed by atoms with Crippen molar-refractivity contribution in [3.05, 3.63) is 24.3 Å². The van der Waals surface area contributed by atoms with Crippen LogP contribution in [0, 0.1) is 6.92 Å². The van der Waals surface area contributed by atoms with Gasteiger partial charge in [-0.15, -0.1) is 12.4 Å². The Balaban J connectivity index is 0.000000845. The Morgan fingerprint density at radius 3 is 2.62 bits per heavy atom. The molecule has 0 fully saturated rings. The fourth-order valence-electron chi connectivity index (χ4n) is 0.948. The zero-order valence-corrected chi connectivity index (χ0v) is 7.75. The molecule has 1 N–H and O–H groups in total. The van der Waals surface area contributed by atoms with E-state index < -0.39 is 0 Å². The van der Waals surface area contributed by atoms with Crippen LogP contribution in [-0.4, -0.2) is 25.4 Å². The molecule has 0 aliphatic heterocycles. The molecule has 68 valence electrons. The SMILES string of the molecule is Cc1n[nH]nc1-c1cnccn1.Cl. The summed E-state index contributed by atoms with van der Waals surface area (Å²) in [6, 6.07) is 0. The quantitative estimate of drug-likeness (QED) is 0.741. The number of nitrogens with one attached hydrogen (secondary N) is 1. The van der Waals surface area contributed by atoms with E-state index in [-0.39, 0.29) is 12.4 Å². The first-order chi connectivity index (χ1) is 5.88. The highest BCUT2D eigenvalue weighted by Crippen LogP contribution is 2.13. The summed E-state index contributed by atoms with van der Waals surface area (Å²) in [5.41, 5.74) is 2.32. The van der Waals surface area contributed by atoms with Crippen molar-refractivity contribution < 1.29 is 0 Å². The van der Waals surface area contributed by atoms with E-state index in [0.29, 0.717) is 0 Å². The molecule has 2 aromatic rings. The average molecular weight is 198 g/mol. The molecule has 2 aromatic heterocycles. The molecule has 0 atom stereocenters. The molecule has 0 radical (unpaired) electrons. The molecule has 0 unspecified atom stereocenters. The van der Waals surface area contributed by atoms with Gasteiger partial charge in [0.05, 0.1) is 11.9 Å². The van der Waals surface area contributed by atoms with Crippen LogP contribution < -0.4 is 0 Å². The van der Waals surface area contributed by atoms with E-state index in [4.69, 9.17) is 0 Å². The van der Waals surface area contributed by atoms with Gasteiger partial charge >= 0.3 is 0 Å². The standard InChI is InChI=1S/C7H7N5.ClH/c1-5-7(11-12-10-5)6-4-8-2-3-9-6;/h2-4H,1H3,(H,10,11,12);1H. The summed E-state index contributed by atoms with van der Waals surface area (Å²) in [7, 11) is 0. The molecular weight excluding hydrogens is 190 g/mol. The molecule has 0 bridgehead atoms. The summed E-state index contributed by atoms with van der Waals surface area (Å²) in [5, 5.41) is 10.4. The fourth-order valence-corrected chi connectivity index (χ4v) is 0.948. The highest BCUT2D eigenvalue weighted by molar-refractivity contribution is 5.85. The topological polar surface area (TPSA) is 67.3 Å². The van der Waals surface area contributed by atoms with Gasteiger partial charge in [0.15, 0.2) is 0 Å². The molecule has 2 rings (SSSR count). The maximum Gasteiger partial charge on any atom is 0.135 e. The summed E-state index contributed by atoms with van der Waals surface area (Å²) >= 11 is 0. The van der Waals surface area contributed by atoms with Crippen molar-refractivity contribution in [2.24, 2.45) is 0 Å². The van der Waals surface area contributed by atoms with Crippen molar-refractivity contribution in [3.63, 3.8) is 0 Å². The van der Waals surface area contributed by atoms with Gasteiger partial charge in [0.25, 0.3) is 0 Å². The smallest absolute Gasteiger partial charge is 0.135 e. The van der Waals surface area contributed by atoms with E-state index in [2.05, 4.69) is 25.4 Å². The summed E-state index contributed by atoms with van der Waals surface area (Å²) in [6.07, 6.45) is 4.91. The van der Waals surface area contributed by atoms with Crippen LogP contribution in [0.25, 0.3) is 11.4 Å². The van der Waals surface area contributed by atoms with Crippen LogP contribution >= 0.6 is 12.4 Å². The molecule has 6 heteroatoms. The number of aryl methyl sites for hydroxylation is 1. The first kappa shape index (κ1) is 9.60. The molecule has 0 aliphatic rings. The number of aromatic nitrogens is 5. The van der Waals surface area contributed by atoms with Gasteiger partial charge < -0.3 is 0 Å². The normalized spacial score (nSPS) is 9.31. The molecule has 0 spiro atoms. The Labute approximate surface area is 81.0 Å². The Bertz CT molecular complexity index is 371. The van der Waals surface area contributed by atoms with Crippen LogP contribution in [0.5, 0.6) is 0 Å². The maximum atomic E-state index is 4.10. The predicted molar refractivity (Wildman–Crippen MR) is 49.4 cm³/mol. The number of aromatic amines is 1. The van der Waals surface area contributed by atoms with Crippen LogP contribution in [0.2, 0.25) is 0 Å². The Kier molecular flexibility index (Phi) is 2.92. The van der Waals surface area contributed by atoms with Gasteiger partial charge in [0.1, 0.15) is 11.4 Å². The minimum atomic E-state index is 0. The second-order valence-corrected chi connectivity index (χ2v) is 2.35. The van der Waals surface area contributed by atoms with Gasteiger partial charge in [-0.1, -0.05) is 0 Å². The molecule has 0 saturated carbocycles. The van der Waals surface area contributed by atoms with Crippen molar-refractivity contribution in [3.8, 4) is 11.4 Å². The van der Waals surface area contributed by atoms with Gasteiger partial charge in [-0.05, 0) is 6.92 Å². The van der Waals surface area contributed by atoms with Crippen LogP contribution in [-0.2, 0) is 0 Å². The summed E-state index contributed by atoms with van der Waals surface area (Å²) < 4.78 is 0. The molecule has 2 heterocycles. The number of rotatable bonds is 1. The van der Waals surface area contributed by atoms with Crippen molar-refractivity contribution in [1.29, 1.82) is 0 Å². The predicted octanol–water partition coefficient (Wildman–Crippen LogP) is 0.992. The van der Waals surface area contributed by atoms with Crippen molar-refractivity contribution in [2.75, 3.05) is 0 Å². The van der Waals surface area contributed by atoms with Crippen LogP contribution in [0.4, 0.5) is 0 Å². The van der Waals surface area contributed by atoms with Gasteiger partial charge in [-0.3, -0.25) is 9.97 Å². The fraction of sp³-hybridized carbons (Fsp3) is 0.143. The Morgan fingerprint density at radius 1 is 1.23 bits per heavy atom. The molecule has 0 aromatic carbocycles. The number of nitrogens with zero attached hydrogens (tertiary/aromatic N) is 4. The zero-order valence-electron chi connectivity index (χ0n) is 6.93. The largest absolute Gasteiger partial charge is 0.261 e. The lowest BCUT2D eigenvalue weighted by atomic mass is 10.3. The number of hydrogen-bond donors (Lipinski definition) is 1. The summed E-state index contributed by atoms with van der Waals surface area (Å²) in [6.45, 7) is 1.87. The van der Waals surface area contributed by atoms with Crippen LogP contribution in [0.1, 0.15) is 5.69 Å². The minimum Gasteiger partial charge on any atom is -0.261 e. The Morgan fingerprint density at radius 2 is 2.08 bits per heavy atom. The second kappa shape index (κ2) is 3.95. The molecule has 5 nitrogen and oxygen atoms in total. The molecular formula is C7H8ClN5. The van der Waals surface area contributed by atoms with E-state index in [1.165, 1.54) is 0 Å². The molecule has 13 heavy (non-hydrogen) atoms. The lowest BCUT2D eigenvalue weighted by Gasteiger charge is -1.92. The first-order valence-corrected chi connectivity index (χ1v) is 3.51. The van der Waals surface area contributed by atoms with Gasteiger partial charge in [0, 0.05) is 12.4 Å². The van der Waals surface area contributed by atoms with E-state index >= 15 is 0 Å². The third-order valence-electron chi connectivity index (χ3n) is 1.53. The lowest BCUT2D eigenvalue weighted by Crippen LogP contribution is -1.86. The first-order valence-electron chi connectivity index (χ1n) is 3.51. The summed E-state index contributed by atoms with van der Waals surface area (Å²) in [5.74, 6) is 0. The third-order valence-corrected chi connectivity index (χ3v) is 1.53. The number of hydrogen-bond acceptors (Lipinski definition) is 4. The van der Waals surface area contributed by atoms with Gasteiger partial charge in [0.2, 0.25) is 0 Å². The van der Waals surface area contributed by atoms with E-state index in [9.17, 15) is 0 Å². The molecule has 0 amide bonds. The van der Waals surface area contributed by atoms with Crippen molar-refractivity contribution >= 4 is 12.4 Å². The Hall–Kier alpha value is -1.49. The summed E-state index contributed by atoms with van der Waals surface area (Å²) in [4.78, 5) is 8.03. The van der Waals surface area contributed by atoms with Gasteiger partial charge in [-0.2, -0.15) is 15.4 Å². The lowest BCUT2D eigenvalue weighted by molar-refractivity contribution is 0.928. The van der Waals surface area contributed by atoms with Crippen LogP contribution in [0.15, 0.2) is 18.6 Å². The highest BCUT2D eigenvalue weighted by atomic mass is 35.5. The number of H-pyrrole nitrogens is 1.